The zero-order chi connectivity index (χ0) is 24.2. The van der Waals surface area contributed by atoms with Gasteiger partial charge in [0.15, 0.2) is 5.78 Å². The summed E-state index contributed by atoms with van der Waals surface area (Å²) in [6.45, 7) is 7.48. The molecule has 1 unspecified atom stereocenters. The van der Waals surface area contributed by atoms with Crippen LogP contribution in [0.25, 0.3) is 0 Å². The number of aromatic nitrogens is 1. The minimum absolute atomic E-state index is 0.0298. The molecule has 1 heterocycles. The van der Waals surface area contributed by atoms with Gasteiger partial charge in [0.05, 0.1) is 0 Å². The van der Waals surface area contributed by atoms with Crippen molar-refractivity contribution in [3.63, 3.8) is 0 Å². The Morgan fingerprint density at radius 1 is 1.06 bits per heavy atom. The molecule has 0 aliphatic heterocycles. The number of nitrogens with zero attached hydrogens (tertiary/aromatic N) is 1. The van der Waals surface area contributed by atoms with Gasteiger partial charge in [0.25, 0.3) is 0 Å². The van der Waals surface area contributed by atoms with Crippen molar-refractivity contribution in [3.05, 3.63) is 52.8 Å². The van der Waals surface area contributed by atoms with Gasteiger partial charge in [0, 0.05) is 48.2 Å². The van der Waals surface area contributed by atoms with Gasteiger partial charge in [0.1, 0.15) is 0 Å². The van der Waals surface area contributed by atoms with Crippen LogP contribution < -0.4 is 5.32 Å². The standard InChI is InChI=1S/C28H42N2O3/c1-5-8-9-10-13-21(6-2)20-29-23-15-11-14-22(18-23)28(33)25-19-24(16-12-17-27(31)32)30(4)26(25)7-3/h11,14-15,18-19,21,29H,5-10,12-13,16-17,20H2,1-4H3,(H,31,32). The van der Waals surface area contributed by atoms with E-state index in [1.165, 1.54) is 32.1 Å². The number of aliphatic carboxylic acids is 1. The third-order valence-electron chi connectivity index (χ3n) is 6.62. The number of carbonyl (C=O) groups excluding carboxylic acids is 1. The third-order valence-corrected chi connectivity index (χ3v) is 6.62. The van der Waals surface area contributed by atoms with Crippen molar-refractivity contribution in [2.24, 2.45) is 13.0 Å². The summed E-state index contributed by atoms with van der Waals surface area (Å²) in [5.41, 5.74) is 4.42. The van der Waals surface area contributed by atoms with E-state index >= 15 is 0 Å². The van der Waals surface area contributed by atoms with Crippen molar-refractivity contribution in [1.82, 2.24) is 4.57 Å². The lowest BCUT2D eigenvalue weighted by molar-refractivity contribution is -0.137. The van der Waals surface area contributed by atoms with Gasteiger partial charge in [0.2, 0.25) is 0 Å². The van der Waals surface area contributed by atoms with Gasteiger partial charge >= 0.3 is 5.97 Å². The highest BCUT2D eigenvalue weighted by Crippen LogP contribution is 2.23. The molecule has 5 nitrogen and oxygen atoms in total. The number of hydrogen-bond donors (Lipinski definition) is 2. The maximum absolute atomic E-state index is 13.4. The number of unbranched alkanes of at least 4 members (excludes halogenated alkanes) is 3. The maximum atomic E-state index is 13.4. The van der Waals surface area contributed by atoms with Crippen molar-refractivity contribution in [1.29, 1.82) is 0 Å². The number of nitrogens with one attached hydrogen (secondary N) is 1. The van der Waals surface area contributed by atoms with E-state index in [9.17, 15) is 9.59 Å². The Bertz CT molecular complexity index is 901. The van der Waals surface area contributed by atoms with E-state index in [0.717, 1.165) is 42.0 Å². The first-order valence-electron chi connectivity index (χ1n) is 12.7. The molecular formula is C28H42N2O3. The second kappa shape index (κ2) is 13.9. The summed E-state index contributed by atoms with van der Waals surface area (Å²) >= 11 is 0. The van der Waals surface area contributed by atoms with E-state index in [1.807, 2.05) is 37.4 Å². The van der Waals surface area contributed by atoms with Crippen molar-refractivity contribution in [2.75, 3.05) is 11.9 Å². The molecule has 0 radical (unpaired) electrons. The molecule has 0 amide bonds. The molecule has 33 heavy (non-hydrogen) atoms. The van der Waals surface area contributed by atoms with Crippen molar-refractivity contribution < 1.29 is 14.7 Å². The number of rotatable bonds is 16. The molecule has 1 aromatic carbocycles. The van der Waals surface area contributed by atoms with Crippen LogP contribution >= 0.6 is 0 Å². The summed E-state index contributed by atoms with van der Waals surface area (Å²) in [6.07, 6.45) is 9.70. The molecule has 0 aliphatic rings. The molecule has 0 fully saturated rings. The molecule has 0 saturated carbocycles. The first-order valence-corrected chi connectivity index (χ1v) is 12.7. The molecular weight excluding hydrogens is 412 g/mol. The molecule has 182 valence electrons. The largest absolute Gasteiger partial charge is 0.481 e. The Labute approximate surface area is 199 Å². The van der Waals surface area contributed by atoms with Gasteiger partial charge in [-0.05, 0) is 49.8 Å². The van der Waals surface area contributed by atoms with Gasteiger partial charge in [-0.2, -0.15) is 0 Å². The quantitative estimate of drug-likeness (QED) is 0.220. The molecule has 2 aromatic rings. The van der Waals surface area contributed by atoms with Crippen LogP contribution in [0.2, 0.25) is 0 Å². The average Bonchev–Trinajstić information content (AvgIpc) is 3.13. The smallest absolute Gasteiger partial charge is 0.303 e. The van der Waals surface area contributed by atoms with Crippen LogP contribution in [-0.2, 0) is 24.7 Å². The van der Waals surface area contributed by atoms with Crippen molar-refractivity contribution >= 4 is 17.4 Å². The van der Waals surface area contributed by atoms with Crippen LogP contribution in [-0.4, -0.2) is 28.0 Å². The molecule has 0 spiro atoms. The van der Waals surface area contributed by atoms with Crippen LogP contribution in [0.15, 0.2) is 30.3 Å². The van der Waals surface area contributed by atoms with E-state index in [4.69, 9.17) is 5.11 Å². The first kappa shape index (κ1) is 26.7. The number of carboxylic acids is 1. The number of hydrogen-bond acceptors (Lipinski definition) is 3. The zero-order valence-electron chi connectivity index (χ0n) is 21.0. The minimum atomic E-state index is -0.785. The van der Waals surface area contributed by atoms with Crippen LogP contribution in [0, 0.1) is 5.92 Å². The number of anilines is 1. The SMILES string of the molecule is CCCCCCC(CC)CNc1cccc(C(=O)c2cc(CCCC(=O)O)n(C)c2CC)c1. The molecule has 2 N–H and O–H groups in total. The highest BCUT2D eigenvalue weighted by molar-refractivity contribution is 6.10. The van der Waals surface area contributed by atoms with Gasteiger partial charge in [-0.25, -0.2) is 0 Å². The van der Waals surface area contributed by atoms with Crippen LogP contribution in [0.3, 0.4) is 0 Å². The maximum Gasteiger partial charge on any atom is 0.303 e. The number of carbonyl (C=O) groups is 2. The molecule has 1 aromatic heterocycles. The molecule has 2 rings (SSSR count). The normalized spacial score (nSPS) is 12.0. The second-order valence-corrected chi connectivity index (χ2v) is 9.07. The molecule has 0 saturated heterocycles. The Kier molecular flexibility index (Phi) is 11.2. The number of carboxylic acid groups (broad SMARTS) is 1. The van der Waals surface area contributed by atoms with Crippen LogP contribution in [0.5, 0.6) is 0 Å². The van der Waals surface area contributed by atoms with Crippen LogP contribution in [0.1, 0.15) is 99.4 Å². The molecule has 0 aliphatic carbocycles. The van der Waals surface area contributed by atoms with E-state index in [0.29, 0.717) is 24.3 Å². The summed E-state index contributed by atoms with van der Waals surface area (Å²) in [5, 5.41) is 12.5. The molecule has 0 bridgehead atoms. The first-order chi connectivity index (χ1) is 15.9. The Balaban J connectivity index is 2.08. The lowest BCUT2D eigenvalue weighted by Gasteiger charge is -2.17. The summed E-state index contributed by atoms with van der Waals surface area (Å²) in [6, 6.07) is 9.77. The fourth-order valence-corrected chi connectivity index (χ4v) is 4.48. The molecule has 5 heteroatoms. The number of ketones is 1. The highest BCUT2D eigenvalue weighted by Gasteiger charge is 2.19. The summed E-state index contributed by atoms with van der Waals surface area (Å²) in [7, 11) is 1.97. The van der Waals surface area contributed by atoms with Gasteiger partial charge in [-0.15, -0.1) is 0 Å². The fourth-order valence-electron chi connectivity index (χ4n) is 4.48. The van der Waals surface area contributed by atoms with E-state index in [-0.39, 0.29) is 12.2 Å². The average molecular weight is 455 g/mol. The second-order valence-electron chi connectivity index (χ2n) is 9.07. The zero-order valence-corrected chi connectivity index (χ0v) is 21.0. The summed E-state index contributed by atoms with van der Waals surface area (Å²) in [4.78, 5) is 24.2. The Morgan fingerprint density at radius 2 is 1.85 bits per heavy atom. The van der Waals surface area contributed by atoms with E-state index in [1.54, 1.807) is 0 Å². The fraction of sp³-hybridized carbons (Fsp3) is 0.571. The van der Waals surface area contributed by atoms with E-state index in [2.05, 4.69) is 30.7 Å². The van der Waals surface area contributed by atoms with Gasteiger partial charge in [-0.1, -0.05) is 65.0 Å². The summed E-state index contributed by atoms with van der Waals surface area (Å²) in [5.74, 6) is -0.107. The Morgan fingerprint density at radius 3 is 2.52 bits per heavy atom. The predicted molar refractivity (Wildman–Crippen MR) is 136 cm³/mol. The Hall–Kier alpha value is -2.56. The monoisotopic (exact) mass is 454 g/mol. The minimum Gasteiger partial charge on any atom is -0.481 e. The lowest BCUT2D eigenvalue weighted by atomic mass is 9.97. The van der Waals surface area contributed by atoms with E-state index < -0.39 is 5.97 Å². The number of benzene rings is 1. The van der Waals surface area contributed by atoms with Crippen molar-refractivity contribution in [2.45, 2.75) is 85.0 Å². The highest BCUT2D eigenvalue weighted by atomic mass is 16.4. The van der Waals surface area contributed by atoms with Crippen molar-refractivity contribution in [3.8, 4) is 0 Å². The third kappa shape index (κ3) is 8.06. The molecule has 1 atom stereocenters. The van der Waals surface area contributed by atoms with Crippen LogP contribution in [0.4, 0.5) is 5.69 Å². The van der Waals surface area contributed by atoms with Gasteiger partial charge < -0.3 is 15.0 Å². The predicted octanol–water partition coefficient (Wildman–Crippen LogP) is 6.63. The topological polar surface area (TPSA) is 71.3 Å². The summed E-state index contributed by atoms with van der Waals surface area (Å²) < 4.78 is 2.06. The lowest BCUT2D eigenvalue weighted by Crippen LogP contribution is -2.14. The van der Waals surface area contributed by atoms with Gasteiger partial charge in [-0.3, -0.25) is 9.59 Å². The number of aryl methyl sites for hydroxylation is 1.